The Labute approximate surface area is 177 Å². The summed E-state index contributed by atoms with van der Waals surface area (Å²) in [6.45, 7) is 1.70. The predicted octanol–water partition coefficient (Wildman–Crippen LogP) is 4.05. The van der Waals surface area contributed by atoms with Crippen LogP contribution >= 0.6 is 23.1 Å². The quantitative estimate of drug-likeness (QED) is 0.530. The number of rotatable bonds is 8. The lowest BCUT2D eigenvalue weighted by Crippen LogP contribution is -2.30. The van der Waals surface area contributed by atoms with E-state index in [4.69, 9.17) is 4.74 Å². The zero-order valence-corrected chi connectivity index (χ0v) is 17.7. The van der Waals surface area contributed by atoms with Crippen LogP contribution in [0.25, 0.3) is 11.3 Å². The molecule has 0 fully saturated rings. The standard InChI is InChI=1S/C21H21N3O3S2/c1-14(27-16-11-7-4-8-12-16)19(26)24-20-18(15-9-5-3-6-10-15)23-21(29-20)28-13-17(25)22-2/h3-12,14H,13H2,1-2H3,(H,22,25)(H,24,26)/t14-/m0/s1. The first-order valence-corrected chi connectivity index (χ1v) is 10.8. The Morgan fingerprint density at radius 3 is 2.41 bits per heavy atom. The molecule has 6 nitrogen and oxygen atoms in total. The van der Waals surface area contributed by atoms with Crippen LogP contribution in [0.4, 0.5) is 5.00 Å². The minimum absolute atomic E-state index is 0.0815. The molecule has 0 saturated heterocycles. The van der Waals surface area contributed by atoms with Crippen LogP contribution in [0, 0.1) is 0 Å². The highest BCUT2D eigenvalue weighted by atomic mass is 32.2. The largest absolute Gasteiger partial charge is 0.481 e. The molecule has 0 unspecified atom stereocenters. The molecular weight excluding hydrogens is 406 g/mol. The summed E-state index contributed by atoms with van der Waals surface area (Å²) in [4.78, 5) is 28.9. The number of amides is 2. The molecule has 3 rings (SSSR count). The first-order valence-electron chi connectivity index (χ1n) is 8.99. The maximum absolute atomic E-state index is 12.7. The lowest BCUT2D eigenvalue weighted by molar-refractivity contribution is -0.122. The number of thiazole rings is 1. The number of para-hydroxylation sites is 1. The Bertz CT molecular complexity index is 962. The van der Waals surface area contributed by atoms with Gasteiger partial charge in [-0.05, 0) is 19.1 Å². The third kappa shape index (κ3) is 5.82. The highest BCUT2D eigenvalue weighted by Crippen LogP contribution is 2.37. The number of nitrogens with zero attached hydrogens (tertiary/aromatic N) is 1. The smallest absolute Gasteiger partial charge is 0.265 e. The van der Waals surface area contributed by atoms with Crippen LogP contribution in [0.15, 0.2) is 65.0 Å². The molecule has 1 heterocycles. The summed E-state index contributed by atoms with van der Waals surface area (Å²) in [7, 11) is 1.60. The maximum atomic E-state index is 12.7. The van der Waals surface area contributed by atoms with Gasteiger partial charge in [-0.3, -0.25) is 9.59 Å². The number of nitrogens with one attached hydrogen (secondary N) is 2. The van der Waals surface area contributed by atoms with E-state index >= 15 is 0 Å². The average molecular weight is 428 g/mol. The van der Waals surface area contributed by atoms with Gasteiger partial charge in [-0.2, -0.15) is 0 Å². The third-order valence-corrected chi connectivity index (χ3v) is 6.04. The average Bonchev–Trinajstić information content (AvgIpc) is 3.16. The van der Waals surface area contributed by atoms with Crippen LogP contribution < -0.4 is 15.4 Å². The SMILES string of the molecule is CNC(=O)CSc1nc(-c2ccccc2)c(NC(=O)[C@H](C)Oc2ccccc2)s1. The summed E-state index contributed by atoms with van der Waals surface area (Å²) >= 11 is 2.68. The van der Waals surface area contributed by atoms with E-state index < -0.39 is 6.10 Å². The van der Waals surface area contributed by atoms with Crippen molar-refractivity contribution in [1.82, 2.24) is 10.3 Å². The van der Waals surface area contributed by atoms with Gasteiger partial charge in [0.25, 0.3) is 5.91 Å². The molecule has 1 aromatic heterocycles. The van der Waals surface area contributed by atoms with Crippen molar-refractivity contribution >= 4 is 39.9 Å². The highest BCUT2D eigenvalue weighted by Gasteiger charge is 2.20. The first kappa shape index (κ1) is 20.9. The van der Waals surface area contributed by atoms with E-state index in [9.17, 15) is 9.59 Å². The fourth-order valence-electron chi connectivity index (χ4n) is 2.41. The number of carbonyl (C=O) groups is 2. The molecule has 29 heavy (non-hydrogen) atoms. The Hall–Kier alpha value is -2.84. The van der Waals surface area contributed by atoms with Gasteiger partial charge in [0.2, 0.25) is 5.91 Å². The number of benzene rings is 2. The van der Waals surface area contributed by atoms with Crippen molar-refractivity contribution in [2.24, 2.45) is 0 Å². The molecule has 2 aromatic carbocycles. The molecular formula is C21H21N3O3S2. The maximum Gasteiger partial charge on any atom is 0.265 e. The van der Waals surface area contributed by atoms with Crippen LogP contribution in [0.3, 0.4) is 0 Å². The molecule has 150 valence electrons. The Balaban J connectivity index is 1.78. The monoisotopic (exact) mass is 427 g/mol. The molecule has 0 aliphatic rings. The van der Waals surface area contributed by atoms with Crippen LogP contribution in [0.1, 0.15) is 6.92 Å². The summed E-state index contributed by atoms with van der Waals surface area (Å²) in [5, 5.41) is 6.15. The van der Waals surface area contributed by atoms with Crippen molar-refractivity contribution in [2.75, 3.05) is 18.1 Å². The number of ether oxygens (including phenoxy) is 1. The summed E-state index contributed by atoms with van der Waals surface area (Å²) < 4.78 is 6.42. The van der Waals surface area contributed by atoms with Gasteiger partial charge in [-0.15, -0.1) is 0 Å². The number of aromatic nitrogens is 1. The summed E-state index contributed by atoms with van der Waals surface area (Å²) in [6.07, 6.45) is -0.676. The van der Waals surface area contributed by atoms with Crippen LogP contribution in [-0.4, -0.2) is 35.7 Å². The lowest BCUT2D eigenvalue weighted by atomic mass is 10.2. The molecule has 3 aromatic rings. The second-order valence-corrected chi connectivity index (χ2v) is 8.27. The molecule has 0 bridgehead atoms. The minimum Gasteiger partial charge on any atom is -0.481 e. The van der Waals surface area contributed by atoms with Crippen LogP contribution in [0.5, 0.6) is 5.75 Å². The second-order valence-electron chi connectivity index (χ2n) is 6.05. The van der Waals surface area contributed by atoms with Crippen LogP contribution in [0.2, 0.25) is 0 Å². The normalized spacial score (nSPS) is 11.5. The van der Waals surface area contributed by atoms with E-state index in [1.54, 1.807) is 26.1 Å². The number of carbonyl (C=O) groups excluding carboxylic acids is 2. The van der Waals surface area contributed by atoms with Gasteiger partial charge in [-0.1, -0.05) is 71.6 Å². The molecule has 0 aliphatic carbocycles. The topological polar surface area (TPSA) is 80.3 Å². The Kier molecular flexibility index (Phi) is 7.26. The first-order chi connectivity index (χ1) is 14.1. The van der Waals surface area contributed by atoms with Gasteiger partial charge in [-0.25, -0.2) is 4.98 Å². The van der Waals surface area contributed by atoms with Gasteiger partial charge in [0.05, 0.1) is 5.75 Å². The fourth-order valence-corrected chi connectivity index (χ4v) is 4.35. The van der Waals surface area contributed by atoms with Crippen molar-refractivity contribution in [3.8, 4) is 17.0 Å². The predicted molar refractivity (Wildman–Crippen MR) is 118 cm³/mol. The zero-order chi connectivity index (χ0) is 20.6. The van der Waals surface area contributed by atoms with E-state index in [2.05, 4.69) is 15.6 Å². The number of hydrogen-bond donors (Lipinski definition) is 2. The Morgan fingerprint density at radius 2 is 1.76 bits per heavy atom. The van der Waals surface area contributed by atoms with E-state index in [1.807, 2.05) is 48.5 Å². The molecule has 0 aliphatic heterocycles. The van der Waals surface area contributed by atoms with Gasteiger partial charge in [0.1, 0.15) is 16.4 Å². The lowest BCUT2D eigenvalue weighted by Gasteiger charge is -2.14. The Morgan fingerprint density at radius 1 is 1.10 bits per heavy atom. The molecule has 0 radical (unpaired) electrons. The van der Waals surface area contributed by atoms with Gasteiger partial charge >= 0.3 is 0 Å². The second kappa shape index (κ2) is 10.1. The molecule has 0 saturated carbocycles. The minimum atomic E-state index is -0.676. The highest BCUT2D eigenvalue weighted by molar-refractivity contribution is 8.01. The van der Waals surface area contributed by atoms with Crippen molar-refractivity contribution in [3.05, 3.63) is 60.7 Å². The molecule has 2 N–H and O–H groups in total. The van der Waals surface area contributed by atoms with Gasteiger partial charge in [0, 0.05) is 12.6 Å². The number of anilines is 1. The van der Waals surface area contributed by atoms with Crippen LogP contribution in [-0.2, 0) is 9.59 Å². The van der Waals surface area contributed by atoms with Crippen molar-refractivity contribution in [3.63, 3.8) is 0 Å². The van der Waals surface area contributed by atoms with E-state index in [1.165, 1.54) is 23.1 Å². The summed E-state index contributed by atoms with van der Waals surface area (Å²) in [5.74, 6) is 0.545. The van der Waals surface area contributed by atoms with Crippen molar-refractivity contribution in [1.29, 1.82) is 0 Å². The number of thioether (sulfide) groups is 1. The fraction of sp³-hybridized carbons (Fsp3) is 0.190. The van der Waals surface area contributed by atoms with E-state index in [-0.39, 0.29) is 17.6 Å². The molecule has 2 amide bonds. The molecule has 8 heteroatoms. The third-order valence-electron chi connectivity index (χ3n) is 3.92. The summed E-state index contributed by atoms with van der Waals surface area (Å²) in [6, 6.07) is 18.8. The van der Waals surface area contributed by atoms with E-state index in [0.29, 0.717) is 20.8 Å². The summed E-state index contributed by atoms with van der Waals surface area (Å²) in [5.41, 5.74) is 1.57. The zero-order valence-electron chi connectivity index (χ0n) is 16.0. The number of hydrogen-bond acceptors (Lipinski definition) is 6. The van der Waals surface area contributed by atoms with E-state index in [0.717, 1.165) is 5.56 Å². The van der Waals surface area contributed by atoms with Crippen molar-refractivity contribution < 1.29 is 14.3 Å². The van der Waals surface area contributed by atoms with Gasteiger partial charge in [0.15, 0.2) is 10.4 Å². The van der Waals surface area contributed by atoms with Crippen molar-refractivity contribution in [2.45, 2.75) is 17.4 Å². The molecule has 0 spiro atoms. The molecule has 1 atom stereocenters. The van der Waals surface area contributed by atoms with Gasteiger partial charge < -0.3 is 15.4 Å².